The predicted octanol–water partition coefficient (Wildman–Crippen LogP) is 3.97. The molecular formula is C15H23NO2Si. The van der Waals surface area contributed by atoms with Crippen molar-refractivity contribution in [3.63, 3.8) is 0 Å². The van der Waals surface area contributed by atoms with Crippen LogP contribution < -0.4 is 4.43 Å². The molecule has 1 rings (SSSR count). The second-order valence-corrected chi connectivity index (χ2v) is 11.4. The third-order valence-corrected chi connectivity index (χ3v) is 7.88. The molecule has 0 spiro atoms. The first-order valence-electron chi connectivity index (χ1n) is 6.43. The fourth-order valence-corrected chi connectivity index (χ4v) is 5.54. The Balaban J connectivity index is 3.13. The topological polar surface area (TPSA) is 53.2 Å². The van der Waals surface area contributed by atoms with Crippen molar-refractivity contribution < 1.29 is 9.22 Å². The molecule has 0 heterocycles. The van der Waals surface area contributed by atoms with Crippen molar-refractivity contribution >= 4 is 8.56 Å². The Hall–Kier alpha value is -1.31. The number of hydrogen-bond acceptors (Lipinski definition) is 3. The summed E-state index contributed by atoms with van der Waals surface area (Å²) in [6.45, 7) is 12.0. The van der Waals surface area contributed by atoms with Crippen LogP contribution in [0.4, 0.5) is 0 Å². The summed E-state index contributed by atoms with van der Waals surface area (Å²) in [6.07, 6.45) is 0. The zero-order valence-corrected chi connectivity index (χ0v) is 13.6. The summed E-state index contributed by atoms with van der Waals surface area (Å²) < 4.78 is 6.02. The van der Waals surface area contributed by atoms with E-state index in [1.54, 1.807) is 24.3 Å². The van der Waals surface area contributed by atoms with E-state index in [0.29, 0.717) is 11.3 Å². The van der Waals surface area contributed by atoms with Crippen LogP contribution in [0.5, 0.6) is 5.75 Å². The Morgan fingerprint density at radius 3 is 1.74 bits per heavy atom. The molecule has 104 valence electrons. The molecule has 0 amide bonds. The van der Waals surface area contributed by atoms with Gasteiger partial charge in [-0.3, -0.25) is 0 Å². The quantitative estimate of drug-likeness (QED) is 0.832. The molecule has 0 fully saturated rings. The molecule has 3 nitrogen and oxygen atoms in total. The van der Waals surface area contributed by atoms with E-state index in [-0.39, 0.29) is 10.1 Å². The summed E-state index contributed by atoms with van der Waals surface area (Å²) in [5.41, 5.74) is 0.587. The van der Waals surface area contributed by atoms with E-state index in [4.69, 9.17) is 9.69 Å². The number of rotatable bonds is 2. The molecule has 0 unspecified atom stereocenters. The highest BCUT2D eigenvalue weighted by atomic mass is 28.4. The molecule has 0 aliphatic carbocycles. The Bertz CT molecular complexity index is 461. The molecule has 1 N–H and O–H groups in total. The molecule has 0 radical (unpaired) electrons. The van der Waals surface area contributed by atoms with Gasteiger partial charge < -0.3 is 9.22 Å². The van der Waals surface area contributed by atoms with Gasteiger partial charge in [0.05, 0.1) is 11.6 Å². The van der Waals surface area contributed by atoms with Crippen molar-refractivity contribution in [2.24, 2.45) is 0 Å². The predicted molar refractivity (Wildman–Crippen MR) is 79.2 cm³/mol. The third kappa shape index (κ3) is 3.17. The molecule has 1 aromatic rings. The van der Waals surface area contributed by atoms with E-state index in [0.717, 1.165) is 0 Å². The maximum absolute atomic E-state index is 11.1. The van der Waals surface area contributed by atoms with E-state index in [2.05, 4.69) is 6.07 Å². The summed E-state index contributed by atoms with van der Waals surface area (Å²) in [5.74, 6) is 0.623. The van der Waals surface area contributed by atoms with Crippen molar-refractivity contribution in [2.45, 2.75) is 51.6 Å². The number of hydrogen-bond donors (Lipinski definition) is 1. The summed E-state index contributed by atoms with van der Waals surface area (Å²) in [6, 6.07) is 8.97. The van der Waals surface area contributed by atoms with Gasteiger partial charge in [-0.2, -0.15) is 5.26 Å². The molecule has 0 bridgehead atoms. The molecule has 19 heavy (non-hydrogen) atoms. The van der Waals surface area contributed by atoms with Crippen LogP contribution in [-0.4, -0.2) is 13.4 Å². The lowest BCUT2D eigenvalue weighted by atomic mass is 10.2. The maximum Gasteiger partial charge on any atom is 0.407 e. The van der Waals surface area contributed by atoms with Gasteiger partial charge in [-0.1, -0.05) is 41.5 Å². The minimum atomic E-state index is -3.00. The van der Waals surface area contributed by atoms with Gasteiger partial charge in [-0.05, 0) is 24.3 Å². The Labute approximate surface area is 117 Å². The first-order valence-corrected chi connectivity index (χ1v) is 8.28. The van der Waals surface area contributed by atoms with E-state index in [9.17, 15) is 4.80 Å². The van der Waals surface area contributed by atoms with E-state index >= 15 is 0 Å². The zero-order valence-electron chi connectivity index (χ0n) is 12.6. The van der Waals surface area contributed by atoms with Crippen LogP contribution in [-0.2, 0) is 0 Å². The van der Waals surface area contributed by atoms with Crippen LogP contribution in [0.25, 0.3) is 0 Å². The minimum absolute atomic E-state index is 0.306. The first kappa shape index (κ1) is 15.7. The van der Waals surface area contributed by atoms with Crippen LogP contribution in [0.2, 0.25) is 10.1 Å². The third-order valence-electron chi connectivity index (χ3n) is 3.28. The van der Waals surface area contributed by atoms with Crippen molar-refractivity contribution in [1.82, 2.24) is 0 Å². The van der Waals surface area contributed by atoms with Gasteiger partial charge in [-0.25, -0.2) is 0 Å². The normalized spacial score (nSPS) is 12.9. The van der Waals surface area contributed by atoms with Gasteiger partial charge in [0.2, 0.25) is 0 Å². The monoisotopic (exact) mass is 277 g/mol. The molecule has 0 atom stereocenters. The van der Waals surface area contributed by atoms with Crippen LogP contribution in [0.3, 0.4) is 0 Å². The van der Waals surface area contributed by atoms with Gasteiger partial charge in [0, 0.05) is 10.1 Å². The highest BCUT2D eigenvalue weighted by Gasteiger charge is 2.57. The van der Waals surface area contributed by atoms with Gasteiger partial charge in [0.15, 0.2) is 0 Å². The lowest BCUT2D eigenvalue weighted by Gasteiger charge is -2.45. The lowest BCUT2D eigenvalue weighted by Crippen LogP contribution is -2.57. The summed E-state index contributed by atoms with van der Waals surface area (Å²) >= 11 is 0. The summed E-state index contributed by atoms with van der Waals surface area (Å²) in [7, 11) is -3.00. The Kier molecular flexibility index (Phi) is 4.13. The molecule has 0 saturated carbocycles. The zero-order chi connectivity index (χ0) is 14.9. The van der Waals surface area contributed by atoms with Crippen LogP contribution in [0, 0.1) is 11.3 Å². The van der Waals surface area contributed by atoms with Gasteiger partial charge >= 0.3 is 8.56 Å². The second kappa shape index (κ2) is 4.99. The molecule has 0 saturated heterocycles. The van der Waals surface area contributed by atoms with Crippen molar-refractivity contribution in [2.75, 3.05) is 0 Å². The van der Waals surface area contributed by atoms with Crippen LogP contribution in [0.1, 0.15) is 47.1 Å². The number of nitriles is 1. The fourth-order valence-electron chi connectivity index (χ4n) is 2.20. The Morgan fingerprint density at radius 1 is 1.00 bits per heavy atom. The fraction of sp³-hybridized carbons (Fsp3) is 0.533. The highest BCUT2D eigenvalue weighted by Crippen LogP contribution is 2.49. The first-order chi connectivity index (χ1) is 8.51. The summed E-state index contributed by atoms with van der Waals surface area (Å²) in [5, 5.41) is 8.18. The van der Waals surface area contributed by atoms with Crippen molar-refractivity contribution in [1.29, 1.82) is 5.26 Å². The lowest BCUT2D eigenvalue weighted by molar-refractivity contribution is 0.284. The van der Waals surface area contributed by atoms with Gasteiger partial charge in [0.25, 0.3) is 0 Å². The molecule has 4 heteroatoms. The molecule has 0 aliphatic heterocycles. The largest absolute Gasteiger partial charge is 0.520 e. The van der Waals surface area contributed by atoms with Crippen molar-refractivity contribution in [3.05, 3.63) is 29.8 Å². The van der Waals surface area contributed by atoms with Crippen molar-refractivity contribution in [3.8, 4) is 11.8 Å². The molecule has 0 aromatic heterocycles. The van der Waals surface area contributed by atoms with Crippen LogP contribution >= 0.6 is 0 Å². The average molecular weight is 277 g/mol. The highest BCUT2D eigenvalue weighted by molar-refractivity contribution is 6.72. The number of benzene rings is 1. The Morgan fingerprint density at radius 2 is 1.42 bits per heavy atom. The van der Waals surface area contributed by atoms with E-state index in [1.807, 2.05) is 41.5 Å². The molecule has 1 aromatic carbocycles. The molecule has 0 aliphatic rings. The number of nitrogens with zero attached hydrogens (tertiary/aromatic N) is 1. The summed E-state index contributed by atoms with van der Waals surface area (Å²) in [4.78, 5) is 11.1. The van der Waals surface area contributed by atoms with Gasteiger partial charge in [-0.15, -0.1) is 0 Å². The SMILES string of the molecule is CC(C)(C)[Si](O)(Oc1ccc(C#N)cc1)C(C)(C)C. The standard InChI is InChI=1S/C15H23NO2Si/c1-14(2,3)19(17,15(4,5)6)18-13-9-7-12(11-16)8-10-13/h7-10,17H,1-6H3. The van der Waals surface area contributed by atoms with Crippen LogP contribution in [0.15, 0.2) is 24.3 Å². The second-order valence-electron chi connectivity index (χ2n) is 6.88. The van der Waals surface area contributed by atoms with E-state index in [1.165, 1.54) is 0 Å². The smallest absolute Gasteiger partial charge is 0.407 e. The maximum atomic E-state index is 11.1. The van der Waals surface area contributed by atoms with E-state index < -0.39 is 8.56 Å². The average Bonchev–Trinajstić information content (AvgIpc) is 2.27. The minimum Gasteiger partial charge on any atom is -0.520 e. The van der Waals surface area contributed by atoms with Gasteiger partial charge in [0.1, 0.15) is 5.75 Å². The molecular weight excluding hydrogens is 254 g/mol.